The molecule has 0 amide bonds. The molecule has 0 bridgehead atoms. The highest BCUT2D eigenvalue weighted by molar-refractivity contribution is 5.90. The molecule has 16 heavy (non-hydrogen) atoms. The third-order valence-electron chi connectivity index (χ3n) is 2.70. The van der Waals surface area contributed by atoms with Crippen molar-refractivity contribution in [2.24, 2.45) is 5.92 Å². The summed E-state index contributed by atoms with van der Waals surface area (Å²) in [5.74, 6) is -1.73. The Balaban J connectivity index is 2.22. The number of hydrogen-bond donors (Lipinski definition) is 2. The maximum absolute atomic E-state index is 11.0. The molecule has 90 valence electrons. The van der Waals surface area contributed by atoms with E-state index in [1.807, 2.05) is 0 Å². The Morgan fingerprint density at radius 3 is 2.50 bits per heavy atom. The molecule has 0 heterocycles. The van der Waals surface area contributed by atoms with Crippen LogP contribution in [-0.4, -0.2) is 34.9 Å². The minimum absolute atomic E-state index is 0.0620. The zero-order valence-corrected chi connectivity index (χ0v) is 8.96. The van der Waals surface area contributed by atoms with Gasteiger partial charge in [0, 0.05) is 12.2 Å². The SMILES string of the molecule is O=C(O)/C=C/C(=O)OCC(O)C1CCCC1. The summed E-state index contributed by atoms with van der Waals surface area (Å²) in [5.41, 5.74) is 0. The van der Waals surface area contributed by atoms with Crippen LogP contribution in [0.4, 0.5) is 0 Å². The fourth-order valence-electron chi connectivity index (χ4n) is 1.83. The van der Waals surface area contributed by atoms with Gasteiger partial charge < -0.3 is 14.9 Å². The molecule has 2 N–H and O–H groups in total. The summed E-state index contributed by atoms with van der Waals surface area (Å²) in [4.78, 5) is 21.1. The number of carbonyl (C=O) groups excluding carboxylic acids is 1. The molecule has 5 nitrogen and oxygen atoms in total. The molecule has 0 aliphatic heterocycles. The van der Waals surface area contributed by atoms with Gasteiger partial charge in [-0.25, -0.2) is 9.59 Å². The van der Waals surface area contributed by atoms with E-state index >= 15 is 0 Å². The van der Waals surface area contributed by atoms with Gasteiger partial charge in [0.05, 0.1) is 6.10 Å². The average molecular weight is 228 g/mol. The first-order valence-electron chi connectivity index (χ1n) is 5.35. The predicted octanol–water partition coefficient (Wildman–Crippen LogP) is 0.721. The zero-order chi connectivity index (χ0) is 12.0. The van der Waals surface area contributed by atoms with E-state index in [2.05, 4.69) is 0 Å². The molecule has 5 heteroatoms. The van der Waals surface area contributed by atoms with Crippen LogP contribution >= 0.6 is 0 Å². The van der Waals surface area contributed by atoms with E-state index in [-0.39, 0.29) is 12.5 Å². The summed E-state index contributed by atoms with van der Waals surface area (Å²) in [7, 11) is 0. The molecule has 0 aromatic heterocycles. The van der Waals surface area contributed by atoms with Crippen LogP contribution in [0.2, 0.25) is 0 Å². The van der Waals surface area contributed by atoms with Gasteiger partial charge in [0.2, 0.25) is 0 Å². The Bertz CT molecular complexity index is 278. The number of esters is 1. The molecular formula is C11H16O5. The fraction of sp³-hybridized carbons (Fsp3) is 0.636. The normalized spacial score (nSPS) is 18.8. The number of hydrogen-bond acceptors (Lipinski definition) is 4. The largest absolute Gasteiger partial charge is 0.478 e. The van der Waals surface area contributed by atoms with Crippen molar-refractivity contribution in [3.63, 3.8) is 0 Å². The highest BCUT2D eigenvalue weighted by atomic mass is 16.5. The second-order valence-electron chi connectivity index (χ2n) is 3.91. The van der Waals surface area contributed by atoms with Crippen LogP contribution in [0, 0.1) is 5.92 Å². The third kappa shape index (κ3) is 4.44. The maximum Gasteiger partial charge on any atom is 0.331 e. The summed E-state index contributed by atoms with van der Waals surface area (Å²) in [6, 6.07) is 0. The number of rotatable bonds is 5. The van der Waals surface area contributed by atoms with Crippen LogP contribution in [-0.2, 0) is 14.3 Å². The third-order valence-corrected chi connectivity index (χ3v) is 2.70. The van der Waals surface area contributed by atoms with Crippen molar-refractivity contribution < 1.29 is 24.5 Å². The molecule has 0 spiro atoms. The number of aliphatic hydroxyl groups excluding tert-OH is 1. The second kappa shape index (κ2) is 6.27. The maximum atomic E-state index is 11.0. The molecule has 0 saturated heterocycles. The minimum atomic E-state index is -1.20. The van der Waals surface area contributed by atoms with Crippen molar-refractivity contribution in [3.05, 3.63) is 12.2 Å². The summed E-state index contributed by atoms with van der Waals surface area (Å²) < 4.78 is 4.73. The Morgan fingerprint density at radius 1 is 1.31 bits per heavy atom. The summed E-state index contributed by atoms with van der Waals surface area (Å²) in [6.07, 6.45) is 5.05. The highest BCUT2D eigenvalue weighted by Gasteiger charge is 2.23. The van der Waals surface area contributed by atoms with E-state index in [0.29, 0.717) is 6.08 Å². The minimum Gasteiger partial charge on any atom is -0.478 e. The van der Waals surface area contributed by atoms with E-state index in [0.717, 1.165) is 31.8 Å². The summed E-state index contributed by atoms with van der Waals surface area (Å²) in [5, 5.41) is 17.9. The van der Waals surface area contributed by atoms with Crippen molar-refractivity contribution in [3.8, 4) is 0 Å². The number of ether oxygens (including phenoxy) is 1. The van der Waals surface area contributed by atoms with E-state index in [1.54, 1.807) is 0 Å². The second-order valence-corrected chi connectivity index (χ2v) is 3.91. The first-order chi connectivity index (χ1) is 7.59. The van der Waals surface area contributed by atoms with E-state index in [9.17, 15) is 14.7 Å². The van der Waals surface area contributed by atoms with E-state index in [1.165, 1.54) is 0 Å². The van der Waals surface area contributed by atoms with Gasteiger partial charge in [-0.2, -0.15) is 0 Å². The molecule has 1 atom stereocenters. The van der Waals surface area contributed by atoms with Crippen LogP contribution in [0.3, 0.4) is 0 Å². The summed E-state index contributed by atoms with van der Waals surface area (Å²) in [6.45, 7) is -0.0620. The van der Waals surface area contributed by atoms with Crippen LogP contribution in [0.1, 0.15) is 25.7 Å². The number of carboxylic acid groups (broad SMARTS) is 1. The van der Waals surface area contributed by atoms with Gasteiger partial charge in [0.15, 0.2) is 0 Å². The van der Waals surface area contributed by atoms with Gasteiger partial charge in [-0.1, -0.05) is 12.8 Å². The van der Waals surface area contributed by atoms with Gasteiger partial charge >= 0.3 is 11.9 Å². The molecule has 1 unspecified atom stereocenters. The Kier molecular flexibility index (Phi) is 4.98. The highest BCUT2D eigenvalue weighted by Crippen LogP contribution is 2.27. The Hall–Kier alpha value is -1.36. The molecule has 1 aliphatic carbocycles. The molecular weight excluding hydrogens is 212 g/mol. The van der Waals surface area contributed by atoms with Gasteiger partial charge in [-0.05, 0) is 18.8 Å². The number of carbonyl (C=O) groups is 2. The number of aliphatic carboxylic acids is 1. The van der Waals surface area contributed by atoms with E-state index in [4.69, 9.17) is 9.84 Å². The lowest BCUT2D eigenvalue weighted by molar-refractivity contribution is -0.142. The Morgan fingerprint density at radius 2 is 1.94 bits per heavy atom. The predicted molar refractivity (Wildman–Crippen MR) is 55.7 cm³/mol. The lowest BCUT2D eigenvalue weighted by Crippen LogP contribution is -2.25. The summed E-state index contributed by atoms with van der Waals surface area (Å²) >= 11 is 0. The lowest BCUT2D eigenvalue weighted by atomic mass is 10.0. The fourth-order valence-corrected chi connectivity index (χ4v) is 1.83. The van der Waals surface area contributed by atoms with Crippen molar-refractivity contribution in [2.75, 3.05) is 6.61 Å². The van der Waals surface area contributed by atoms with Crippen molar-refractivity contribution >= 4 is 11.9 Å². The van der Waals surface area contributed by atoms with Gasteiger partial charge in [0.1, 0.15) is 6.61 Å². The van der Waals surface area contributed by atoms with Crippen LogP contribution in [0.25, 0.3) is 0 Å². The molecule has 1 aliphatic rings. The average Bonchev–Trinajstić information content (AvgIpc) is 2.76. The van der Waals surface area contributed by atoms with Gasteiger partial charge in [0.25, 0.3) is 0 Å². The van der Waals surface area contributed by atoms with E-state index < -0.39 is 18.0 Å². The van der Waals surface area contributed by atoms with Gasteiger partial charge in [-0.15, -0.1) is 0 Å². The smallest absolute Gasteiger partial charge is 0.331 e. The molecule has 1 rings (SSSR count). The Labute approximate surface area is 93.7 Å². The molecule has 1 saturated carbocycles. The first-order valence-corrected chi connectivity index (χ1v) is 5.35. The lowest BCUT2D eigenvalue weighted by Gasteiger charge is -2.16. The van der Waals surface area contributed by atoms with Crippen LogP contribution in [0.15, 0.2) is 12.2 Å². The standard InChI is InChI=1S/C11H16O5/c12-9(8-3-1-2-4-8)7-16-11(15)6-5-10(13)14/h5-6,8-9,12H,1-4,7H2,(H,13,14)/b6-5+. The van der Waals surface area contributed by atoms with Crippen LogP contribution < -0.4 is 0 Å². The molecule has 0 aromatic carbocycles. The number of aliphatic hydroxyl groups is 1. The van der Waals surface area contributed by atoms with Crippen LogP contribution in [0.5, 0.6) is 0 Å². The molecule has 1 fully saturated rings. The topological polar surface area (TPSA) is 83.8 Å². The van der Waals surface area contributed by atoms with Crippen molar-refractivity contribution in [2.45, 2.75) is 31.8 Å². The van der Waals surface area contributed by atoms with Crippen molar-refractivity contribution in [1.29, 1.82) is 0 Å². The zero-order valence-electron chi connectivity index (χ0n) is 8.96. The first kappa shape index (κ1) is 12.7. The van der Waals surface area contributed by atoms with Gasteiger partial charge in [-0.3, -0.25) is 0 Å². The van der Waals surface area contributed by atoms with Crippen molar-refractivity contribution in [1.82, 2.24) is 0 Å². The molecule has 0 aromatic rings. The quantitative estimate of drug-likeness (QED) is 0.535. The molecule has 0 radical (unpaired) electrons. The monoisotopic (exact) mass is 228 g/mol. The number of carboxylic acids is 1.